The van der Waals surface area contributed by atoms with Crippen molar-refractivity contribution in [2.45, 2.75) is 50.5 Å². The predicted molar refractivity (Wildman–Crippen MR) is 74.3 cm³/mol. The first kappa shape index (κ1) is 14.8. The van der Waals surface area contributed by atoms with Crippen molar-refractivity contribution in [2.75, 3.05) is 5.32 Å². The van der Waals surface area contributed by atoms with Crippen LogP contribution in [0.2, 0.25) is 0 Å². The van der Waals surface area contributed by atoms with Crippen molar-refractivity contribution in [3.63, 3.8) is 0 Å². The zero-order valence-corrected chi connectivity index (χ0v) is 11.3. The number of para-hydroxylation sites is 1. The number of aliphatic hydroxyl groups excluding tert-OH is 1. The van der Waals surface area contributed by atoms with E-state index < -0.39 is 18.4 Å². The van der Waals surface area contributed by atoms with Crippen molar-refractivity contribution in [1.82, 2.24) is 0 Å². The van der Waals surface area contributed by atoms with Gasteiger partial charge in [0.2, 0.25) is 0 Å². The first-order valence-corrected chi connectivity index (χ1v) is 6.98. The van der Waals surface area contributed by atoms with Gasteiger partial charge in [0, 0.05) is 12.1 Å². The largest absolute Gasteiger partial charge is 0.446 e. The minimum Gasteiger partial charge on any atom is -0.446 e. The minimum absolute atomic E-state index is 0.183. The Kier molecular flexibility index (Phi) is 5.35. The number of carbonyl (C=O) groups is 1. The summed E-state index contributed by atoms with van der Waals surface area (Å²) in [6, 6.07) is 9.01. The van der Waals surface area contributed by atoms with Crippen LogP contribution in [0.25, 0.3) is 0 Å². The van der Waals surface area contributed by atoms with Crippen molar-refractivity contribution in [1.29, 1.82) is 0 Å². The molecule has 0 aromatic heterocycles. The molecular weight excluding hydrogens is 261 g/mol. The summed E-state index contributed by atoms with van der Waals surface area (Å²) in [4.78, 5) is 11.8. The fourth-order valence-corrected chi connectivity index (χ4v) is 2.36. The van der Waals surface area contributed by atoms with E-state index in [1.807, 2.05) is 18.2 Å². The van der Waals surface area contributed by atoms with Crippen molar-refractivity contribution in [2.24, 2.45) is 0 Å². The fraction of sp³-hybridized carbons (Fsp3) is 0.533. The SMILES string of the molecule is O=C(Nc1ccccc1)O[C@H]1CC[C@H](O)C[C@@H](F)CC1. The van der Waals surface area contributed by atoms with Gasteiger partial charge in [0.25, 0.3) is 0 Å². The summed E-state index contributed by atoms with van der Waals surface area (Å²) in [5.41, 5.74) is 0.659. The Bertz CT molecular complexity index is 414. The average Bonchev–Trinajstić information content (AvgIpc) is 2.41. The third kappa shape index (κ3) is 4.81. The maximum atomic E-state index is 13.4. The van der Waals surface area contributed by atoms with Crippen LogP contribution in [-0.4, -0.2) is 29.6 Å². The number of carbonyl (C=O) groups excluding carboxylic acids is 1. The summed E-state index contributed by atoms with van der Waals surface area (Å²) in [5.74, 6) is 0. The van der Waals surface area contributed by atoms with Gasteiger partial charge in [0.1, 0.15) is 12.3 Å². The molecule has 1 fully saturated rings. The van der Waals surface area contributed by atoms with Crippen LogP contribution in [0.3, 0.4) is 0 Å². The summed E-state index contributed by atoms with van der Waals surface area (Å²) in [6.07, 6.45) is -0.514. The quantitative estimate of drug-likeness (QED) is 0.874. The van der Waals surface area contributed by atoms with Crippen LogP contribution in [0.4, 0.5) is 14.9 Å². The summed E-state index contributed by atoms with van der Waals surface area (Å²) >= 11 is 0. The number of ether oxygens (including phenoxy) is 1. The highest BCUT2D eigenvalue weighted by Gasteiger charge is 2.23. The Morgan fingerprint density at radius 3 is 2.65 bits per heavy atom. The number of halogens is 1. The van der Waals surface area contributed by atoms with Crippen molar-refractivity contribution < 1.29 is 19.0 Å². The maximum Gasteiger partial charge on any atom is 0.411 e. The molecule has 0 saturated heterocycles. The molecule has 0 bridgehead atoms. The number of benzene rings is 1. The molecular formula is C15H20FNO3. The van der Waals surface area contributed by atoms with Crippen LogP contribution in [0, 0.1) is 0 Å². The molecule has 1 aliphatic rings. The molecule has 1 amide bonds. The van der Waals surface area contributed by atoms with E-state index in [0.29, 0.717) is 31.4 Å². The summed E-state index contributed by atoms with van der Waals surface area (Å²) in [5, 5.41) is 12.2. The summed E-state index contributed by atoms with van der Waals surface area (Å²) in [7, 11) is 0. The number of hydrogen-bond acceptors (Lipinski definition) is 3. The van der Waals surface area contributed by atoms with Gasteiger partial charge >= 0.3 is 6.09 Å². The molecule has 1 aliphatic carbocycles. The Morgan fingerprint density at radius 2 is 1.90 bits per heavy atom. The van der Waals surface area contributed by atoms with Gasteiger partial charge in [0.05, 0.1) is 6.10 Å². The second-order valence-electron chi connectivity index (χ2n) is 5.16. The molecule has 0 radical (unpaired) electrons. The smallest absolute Gasteiger partial charge is 0.411 e. The van der Waals surface area contributed by atoms with Crippen molar-refractivity contribution >= 4 is 11.8 Å². The number of aliphatic hydroxyl groups is 1. The lowest BCUT2D eigenvalue weighted by molar-refractivity contribution is 0.0461. The highest BCUT2D eigenvalue weighted by atomic mass is 19.1. The van der Waals surface area contributed by atoms with Gasteiger partial charge in [-0.3, -0.25) is 5.32 Å². The van der Waals surface area contributed by atoms with E-state index in [1.54, 1.807) is 12.1 Å². The lowest BCUT2D eigenvalue weighted by Crippen LogP contribution is -2.28. The molecule has 0 spiro atoms. The van der Waals surface area contributed by atoms with E-state index in [-0.39, 0.29) is 12.5 Å². The topological polar surface area (TPSA) is 58.6 Å². The third-order valence-electron chi connectivity index (χ3n) is 3.45. The zero-order valence-electron chi connectivity index (χ0n) is 11.3. The molecule has 20 heavy (non-hydrogen) atoms. The van der Waals surface area contributed by atoms with Crippen LogP contribution >= 0.6 is 0 Å². The highest BCUT2D eigenvalue weighted by molar-refractivity contribution is 5.84. The first-order chi connectivity index (χ1) is 9.63. The lowest BCUT2D eigenvalue weighted by Gasteiger charge is -2.24. The average molecular weight is 281 g/mol. The maximum absolute atomic E-state index is 13.4. The number of amides is 1. The molecule has 0 aliphatic heterocycles. The second-order valence-corrected chi connectivity index (χ2v) is 5.16. The Morgan fingerprint density at radius 1 is 1.20 bits per heavy atom. The second kappa shape index (κ2) is 7.24. The van der Waals surface area contributed by atoms with Gasteiger partial charge < -0.3 is 9.84 Å². The van der Waals surface area contributed by atoms with E-state index >= 15 is 0 Å². The number of hydrogen-bond donors (Lipinski definition) is 2. The van der Waals surface area contributed by atoms with E-state index in [4.69, 9.17) is 4.74 Å². The van der Waals surface area contributed by atoms with Crippen LogP contribution < -0.4 is 5.32 Å². The molecule has 0 unspecified atom stereocenters. The number of nitrogens with one attached hydrogen (secondary N) is 1. The lowest BCUT2D eigenvalue weighted by atomic mass is 9.95. The van der Waals surface area contributed by atoms with Gasteiger partial charge in [-0.1, -0.05) is 18.2 Å². The van der Waals surface area contributed by atoms with Crippen LogP contribution in [0.1, 0.15) is 32.1 Å². The van der Waals surface area contributed by atoms with E-state index in [9.17, 15) is 14.3 Å². The number of anilines is 1. The van der Waals surface area contributed by atoms with Gasteiger partial charge in [0.15, 0.2) is 0 Å². The van der Waals surface area contributed by atoms with Gasteiger partial charge in [-0.05, 0) is 37.8 Å². The van der Waals surface area contributed by atoms with Gasteiger partial charge in [-0.2, -0.15) is 0 Å². The Hall–Kier alpha value is -1.62. The summed E-state index contributed by atoms with van der Waals surface area (Å²) in [6.45, 7) is 0. The Labute approximate surface area is 117 Å². The molecule has 110 valence electrons. The number of alkyl halides is 1. The molecule has 1 saturated carbocycles. The fourth-order valence-electron chi connectivity index (χ4n) is 2.36. The van der Waals surface area contributed by atoms with E-state index in [2.05, 4.69) is 5.32 Å². The molecule has 2 N–H and O–H groups in total. The monoisotopic (exact) mass is 281 g/mol. The number of rotatable bonds is 2. The first-order valence-electron chi connectivity index (χ1n) is 6.98. The normalized spacial score (nSPS) is 27.2. The zero-order chi connectivity index (χ0) is 14.4. The van der Waals surface area contributed by atoms with Gasteiger partial charge in [-0.25, -0.2) is 9.18 Å². The molecule has 4 nitrogen and oxygen atoms in total. The molecule has 3 atom stereocenters. The molecule has 0 heterocycles. The van der Waals surface area contributed by atoms with Crippen LogP contribution in [-0.2, 0) is 4.74 Å². The minimum atomic E-state index is -1.02. The molecule has 1 aromatic rings. The standard InChI is InChI=1S/C15H20FNO3/c16-11-6-8-14(9-7-13(18)10-11)20-15(19)17-12-4-2-1-3-5-12/h1-5,11,13-14,18H,6-10H2,(H,17,19)/t11-,13-,14+/m0/s1. The van der Waals surface area contributed by atoms with E-state index in [0.717, 1.165) is 0 Å². The Balaban J connectivity index is 1.83. The van der Waals surface area contributed by atoms with Crippen molar-refractivity contribution in [3.8, 4) is 0 Å². The third-order valence-corrected chi connectivity index (χ3v) is 3.45. The predicted octanol–water partition coefficient (Wildman–Crippen LogP) is 3.27. The molecule has 2 rings (SSSR count). The van der Waals surface area contributed by atoms with Crippen molar-refractivity contribution in [3.05, 3.63) is 30.3 Å². The van der Waals surface area contributed by atoms with E-state index in [1.165, 1.54) is 0 Å². The summed E-state index contributed by atoms with van der Waals surface area (Å²) < 4.78 is 18.7. The van der Waals surface area contributed by atoms with Gasteiger partial charge in [-0.15, -0.1) is 0 Å². The molecule has 1 aromatic carbocycles. The highest BCUT2D eigenvalue weighted by Crippen LogP contribution is 2.22. The van der Waals surface area contributed by atoms with Crippen LogP contribution in [0.15, 0.2) is 30.3 Å². The molecule has 5 heteroatoms. The van der Waals surface area contributed by atoms with Crippen LogP contribution in [0.5, 0.6) is 0 Å².